The molecule has 2 unspecified atom stereocenters. The van der Waals surface area contributed by atoms with Crippen molar-refractivity contribution in [1.29, 1.82) is 0 Å². The minimum absolute atomic E-state index is 0.0288. The predicted octanol–water partition coefficient (Wildman–Crippen LogP) is 2.16. The lowest BCUT2D eigenvalue weighted by Crippen LogP contribution is -2.39. The summed E-state index contributed by atoms with van der Waals surface area (Å²) in [5, 5.41) is 14.9. The zero-order valence-corrected chi connectivity index (χ0v) is 16.9. The van der Waals surface area contributed by atoms with Crippen molar-refractivity contribution >= 4 is 28.6 Å². The Kier molecular flexibility index (Phi) is 4.54. The fourth-order valence-electron chi connectivity index (χ4n) is 4.43. The number of aliphatic hydroxyl groups is 1. The van der Waals surface area contributed by atoms with E-state index in [9.17, 15) is 9.90 Å². The molecule has 146 valence electrons. The van der Waals surface area contributed by atoms with Crippen LogP contribution in [0.1, 0.15) is 16.3 Å². The minimum Gasteiger partial charge on any atom is -0.396 e. The molecule has 9 heteroatoms. The van der Waals surface area contributed by atoms with Crippen molar-refractivity contribution in [3.8, 4) is 9.88 Å². The lowest BCUT2D eigenvalue weighted by Gasteiger charge is -2.27. The largest absolute Gasteiger partial charge is 0.396 e. The van der Waals surface area contributed by atoms with E-state index < -0.39 is 0 Å². The molecule has 0 bridgehead atoms. The number of carbonyl (C=O) groups is 1. The SMILES string of the molecule is O=C(c1csc(-c2cccs2)n1)N1CC2CN(Cc3ncc[nH]3)CC2(CO)C1. The topological polar surface area (TPSA) is 85.4 Å². The van der Waals surface area contributed by atoms with Gasteiger partial charge >= 0.3 is 0 Å². The van der Waals surface area contributed by atoms with Gasteiger partial charge in [0, 0.05) is 49.4 Å². The number of thiazole rings is 1. The molecule has 2 saturated heterocycles. The first-order valence-corrected chi connectivity index (χ1v) is 11.0. The number of amides is 1. The van der Waals surface area contributed by atoms with Crippen molar-refractivity contribution in [2.24, 2.45) is 11.3 Å². The molecule has 0 aliphatic carbocycles. The number of imidazole rings is 1. The summed E-state index contributed by atoms with van der Waals surface area (Å²) in [4.78, 5) is 30.3. The standard InChI is InChI=1S/C19H21N5O2S2/c25-12-19-10-23(8-16-20-3-4-21-16)6-13(19)7-24(11-19)18(26)14-9-28-17(22-14)15-2-1-5-27-15/h1-5,9,13,25H,6-8,10-12H2,(H,20,21). The Morgan fingerprint density at radius 2 is 2.29 bits per heavy atom. The van der Waals surface area contributed by atoms with Gasteiger partial charge in [-0.3, -0.25) is 9.69 Å². The van der Waals surface area contributed by atoms with Gasteiger partial charge in [0.25, 0.3) is 5.91 Å². The Bertz CT molecular complexity index is 955. The van der Waals surface area contributed by atoms with E-state index in [1.54, 1.807) is 17.5 Å². The van der Waals surface area contributed by atoms with Crippen LogP contribution in [0.4, 0.5) is 0 Å². The van der Waals surface area contributed by atoms with Crippen LogP contribution in [-0.4, -0.2) is 68.6 Å². The zero-order chi connectivity index (χ0) is 19.1. The Labute approximate surface area is 170 Å². The molecule has 3 aromatic rings. The van der Waals surface area contributed by atoms with E-state index in [-0.39, 0.29) is 23.8 Å². The number of carbonyl (C=O) groups excluding carboxylic acids is 1. The second-order valence-corrected chi connectivity index (χ2v) is 9.43. The second-order valence-electron chi connectivity index (χ2n) is 7.62. The van der Waals surface area contributed by atoms with E-state index in [0.717, 1.165) is 35.3 Å². The molecule has 7 nitrogen and oxygen atoms in total. The van der Waals surface area contributed by atoms with Crippen molar-refractivity contribution in [3.05, 3.63) is 46.8 Å². The van der Waals surface area contributed by atoms with Gasteiger partial charge in [0.05, 0.1) is 18.0 Å². The van der Waals surface area contributed by atoms with Crippen LogP contribution in [0.5, 0.6) is 0 Å². The number of nitrogens with one attached hydrogen (secondary N) is 1. The molecule has 2 aliphatic heterocycles. The molecule has 28 heavy (non-hydrogen) atoms. The highest BCUT2D eigenvalue weighted by Gasteiger charge is 2.53. The lowest BCUT2D eigenvalue weighted by molar-refractivity contribution is 0.0713. The van der Waals surface area contributed by atoms with E-state index >= 15 is 0 Å². The number of aliphatic hydroxyl groups excluding tert-OH is 1. The van der Waals surface area contributed by atoms with Gasteiger partial charge in [-0.05, 0) is 17.4 Å². The molecule has 3 aromatic heterocycles. The molecule has 0 spiro atoms. The maximum Gasteiger partial charge on any atom is 0.273 e. The molecule has 2 aliphatic rings. The van der Waals surface area contributed by atoms with Crippen LogP contribution >= 0.6 is 22.7 Å². The van der Waals surface area contributed by atoms with Crippen LogP contribution < -0.4 is 0 Å². The van der Waals surface area contributed by atoms with Crippen LogP contribution in [0.3, 0.4) is 0 Å². The lowest BCUT2D eigenvalue weighted by atomic mass is 9.82. The van der Waals surface area contributed by atoms with Crippen molar-refractivity contribution in [2.75, 3.05) is 32.8 Å². The Hall–Kier alpha value is -2.07. The average molecular weight is 416 g/mol. The number of hydrogen-bond donors (Lipinski definition) is 2. The van der Waals surface area contributed by atoms with Gasteiger partial charge in [0.15, 0.2) is 0 Å². The molecule has 2 N–H and O–H groups in total. The molecule has 2 atom stereocenters. The fraction of sp³-hybridized carbons (Fsp3) is 0.421. The van der Waals surface area contributed by atoms with Crippen LogP contribution in [0.2, 0.25) is 0 Å². The third-order valence-corrected chi connectivity index (χ3v) is 7.70. The summed E-state index contributed by atoms with van der Waals surface area (Å²) in [6, 6.07) is 4.01. The van der Waals surface area contributed by atoms with Crippen molar-refractivity contribution < 1.29 is 9.90 Å². The molecule has 5 rings (SSSR count). The number of aromatic nitrogens is 3. The van der Waals surface area contributed by atoms with E-state index in [0.29, 0.717) is 18.8 Å². The van der Waals surface area contributed by atoms with Crippen molar-refractivity contribution in [3.63, 3.8) is 0 Å². The van der Waals surface area contributed by atoms with Crippen molar-refractivity contribution in [1.82, 2.24) is 24.8 Å². The quantitative estimate of drug-likeness (QED) is 0.667. The van der Waals surface area contributed by atoms with E-state index in [1.165, 1.54) is 11.3 Å². The monoisotopic (exact) mass is 415 g/mol. The van der Waals surface area contributed by atoms with Gasteiger partial charge in [0.1, 0.15) is 16.5 Å². The van der Waals surface area contributed by atoms with Crippen LogP contribution in [0, 0.1) is 11.3 Å². The Morgan fingerprint density at radius 1 is 1.36 bits per heavy atom. The van der Waals surface area contributed by atoms with E-state index in [2.05, 4.69) is 19.9 Å². The number of thiophene rings is 1. The smallest absolute Gasteiger partial charge is 0.273 e. The summed E-state index contributed by atoms with van der Waals surface area (Å²) in [6.45, 7) is 3.72. The van der Waals surface area contributed by atoms with Crippen molar-refractivity contribution in [2.45, 2.75) is 6.54 Å². The number of nitrogens with zero attached hydrogens (tertiary/aromatic N) is 4. The first-order valence-electron chi connectivity index (χ1n) is 9.27. The molecular formula is C19H21N5O2S2. The minimum atomic E-state index is -0.255. The van der Waals surface area contributed by atoms with Crippen LogP contribution in [0.15, 0.2) is 35.3 Å². The number of likely N-dealkylation sites (tertiary alicyclic amines) is 2. The highest BCUT2D eigenvalue weighted by Crippen LogP contribution is 2.43. The van der Waals surface area contributed by atoms with E-state index in [1.807, 2.05) is 34.0 Å². The second kappa shape index (κ2) is 7.07. The van der Waals surface area contributed by atoms with Gasteiger partial charge in [-0.15, -0.1) is 22.7 Å². The third-order valence-electron chi connectivity index (χ3n) is 5.82. The summed E-state index contributed by atoms with van der Waals surface area (Å²) in [5.74, 6) is 1.18. The Morgan fingerprint density at radius 3 is 3.00 bits per heavy atom. The van der Waals surface area contributed by atoms with Gasteiger partial charge in [-0.2, -0.15) is 0 Å². The summed E-state index contributed by atoms with van der Waals surface area (Å²) < 4.78 is 0. The summed E-state index contributed by atoms with van der Waals surface area (Å²) in [5.41, 5.74) is 0.253. The number of aromatic amines is 1. The highest BCUT2D eigenvalue weighted by atomic mass is 32.1. The Balaban J connectivity index is 1.28. The number of rotatable bonds is 5. The number of hydrogen-bond acceptors (Lipinski definition) is 7. The molecule has 1 amide bonds. The molecular weight excluding hydrogens is 394 g/mol. The zero-order valence-electron chi connectivity index (χ0n) is 15.2. The van der Waals surface area contributed by atoms with Gasteiger partial charge < -0.3 is 15.0 Å². The third kappa shape index (κ3) is 3.08. The van der Waals surface area contributed by atoms with Crippen LogP contribution in [0.25, 0.3) is 9.88 Å². The maximum atomic E-state index is 13.0. The maximum absolute atomic E-state index is 13.0. The molecule has 2 fully saturated rings. The molecule has 0 aromatic carbocycles. The van der Waals surface area contributed by atoms with Gasteiger partial charge in [0.2, 0.25) is 0 Å². The summed E-state index contributed by atoms with van der Waals surface area (Å²) in [6.07, 6.45) is 3.58. The first kappa shape index (κ1) is 18.0. The molecule has 0 saturated carbocycles. The number of H-pyrrole nitrogens is 1. The highest BCUT2D eigenvalue weighted by molar-refractivity contribution is 7.20. The van der Waals surface area contributed by atoms with Crippen LogP contribution in [-0.2, 0) is 6.54 Å². The summed E-state index contributed by atoms with van der Waals surface area (Å²) in [7, 11) is 0. The normalized spacial score (nSPS) is 24.8. The first-order chi connectivity index (χ1) is 13.7. The van der Waals surface area contributed by atoms with Gasteiger partial charge in [-0.1, -0.05) is 6.07 Å². The number of fused-ring (bicyclic) bond motifs is 1. The molecule has 0 radical (unpaired) electrons. The summed E-state index contributed by atoms with van der Waals surface area (Å²) >= 11 is 3.13. The average Bonchev–Trinajstić information content (AvgIpc) is 3.49. The molecule has 5 heterocycles. The predicted molar refractivity (Wildman–Crippen MR) is 108 cm³/mol. The van der Waals surface area contributed by atoms with E-state index in [4.69, 9.17) is 0 Å². The fourth-order valence-corrected chi connectivity index (χ4v) is 6.04. The van der Waals surface area contributed by atoms with Gasteiger partial charge in [-0.25, -0.2) is 9.97 Å².